The molecule has 2 aromatic heterocycles. The van der Waals surface area contributed by atoms with Gasteiger partial charge in [0.15, 0.2) is 0 Å². The number of fused-ring (bicyclic) bond motifs is 1. The third-order valence-corrected chi connectivity index (χ3v) is 2.05. The molecule has 0 aromatic carbocycles. The predicted molar refractivity (Wildman–Crippen MR) is 56.5 cm³/mol. The van der Waals surface area contributed by atoms with Gasteiger partial charge >= 0.3 is 0 Å². The quantitative estimate of drug-likeness (QED) is 0.654. The van der Waals surface area contributed by atoms with Gasteiger partial charge in [0.25, 0.3) is 0 Å². The van der Waals surface area contributed by atoms with Gasteiger partial charge in [-0.3, -0.25) is 0 Å². The molecule has 0 unspecified atom stereocenters. The Balaban J connectivity index is 2.65. The minimum Gasteiger partial charge on any atom is -0.492 e. The molecule has 2 aromatic rings. The van der Waals surface area contributed by atoms with E-state index < -0.39 is 0 Å². The van der Waals surface area contributed by atoms with Crippen LogP contribution < -0.4 is 10.2 Å². The summed E-state index contributed by atoms with van der Waals surface area (Å²) < 4.78 is 6.87. The molecule has 0 N–H and O–H groups in total. The second-order valence-electron chi connectivity index (χ2n) is 3.03. The van der Waals surface area contributed by atoms with Crippen LogP contribution in [0.15, 0.2) is 18.5 Å². The monoisotopic (exact) mass is 197 g/mol. The van der Waals surface area contributed by atoms with Crippen LogP contribution in [0.5, 0.6) is 5.75 Å². The Kier molecular flexibility index (Phi) is 2.34. The number of nitriles is 1. The maximum atomic E-state index is 8.83. The van der Waals surface area contributed by atoms with Gasteiger partial charge in [-0.2, -0.15) is 10.4 Å². The average molecular weight is 197 g/mol. The molecule has 0 saturated carbocycles. The van der Waals surface area contributed by atoms with Crippen molar-refractivity contribution in [3.8, 4) is 11.8 Å². The normalized spacial score (nSPS) is 10.1. The molecule has 0 amide bonds. The maximum absolute atomic E-state index is 8.83. The van der Waals surface area contributed by atoms with Gasteiger partial charge in [0.1, 0.15) is 19.7 Å². The van der Waals surface area contributed by atoms with Crippen molar-refractivity contribution < 1.29 is 4.74 Å². The van der Waals surface area contributed by atoms with E-state index in [1.807, 2.05) is 13.0 Å². The zero-order valence-electron chi connectivity index (χ0n) is 8.27. The van der Waals surface area contributed by atoms with Crippen LogP contribution in [0.3, 0.4) is 0 Å². The van der Waals surface area contributed by atoms with Crippen LogP contribution in [0.1, 0.15) is 12.5 Å². The molecule has 0 aliphatic heterocycles. The molecular formula is C10H8BN3O. The number of hydrogen-bond donors (Lipinski definition) is 0. The molecule has 0 aliphatic carbocycles. The van der Waals surface area contributed by atoms with Crippen molar-refractivity contribution in [2.24, 2.45) is 0 Å². The third kappa shape index (κ3) is 1.55. The first-order chi connectivity index (χ1) is 7.26. The van der Waals surface area contributed by atoms with Crippen molar-refractivity contribution >= 4 is 18.8 Å². The highest BCUT2D eigenvalue weighted by Crippen LogP contribution is 2.13. The zero-order valence-corrected chi connectivity index (χ0v) is 8.27. The van der Waals surface area contributed by atoms with Crippen molar-refractivity contribution in [2.75, 3.05) is 6.61 Å². The van der Waals surface area contributed by atoms with E-state index in [9.17, 15) is 0 Å². The van der Waals surface area contributed by atoms with Gasteiger partial charge in [-0.25, -0.2) is 4.52 Å². The van der Waals surface area contributed by atoms with Gasteiger partial charge in [0.2, 0.25) is 0 Å². The Labute approximate surface area is 88.5 Å². The van der Waals surface area contributed by atoms with E-state index in [0.29, 0.717) is 28.9 Å². The topological polar surface area (TPSA) is 50.3 Å². The molecule has 0 bridgehead atoms. The van der Waals surface area contributed by atoms with Crippen molar-refractivity contribution in [1.29, 1.82) is 5.26 Å². The largest absolute Gasteiger partial charge is 0.492 e. The fraction of sp³-hybridized carbons (Fsp3) is 0.200. The van der Waals surface area contributed by atoms with Crippen LogP contribution in [-0.2, 0) is 0 Å². The molecule has 5 heteroatoms. The second-order valence-corrected chi connectivity index (χ2v) is 3.03. The van der Waals surface area contributed by atoms with Crippen molar-refractivity contribution in [2.45, 2.75) is 6.92 Å². The van der Waals surface area contributed by atoms with E-state index in [0.717, 1.165) is 0 Å². The van der Waals surface area contributed by atoms with Crippen LogP contribution >= 0.6 is 0 Å². The standard InChI is InChI=1S/C10H8BN3O/c1-2-15-8-3-9(11)10-7(4-12)5-13-14(10)6-8/h3,5-6H,2H2,1H3. The molecule has 0 saturated heterocycles. The Bertz CT molecular complexity index is 541. The predicted octanol–water partition coefficient (Wildman–Crippen LogP) is 0.398. The highest BCUT2D eigenvalue weighted by atomic mass is 16.5. The number of pyridine rings is 1. The number of ether oxygens (including phenoxy) is 1. The summed E-state index contributed by atoms with van der Waals surface area (Å²) in [4.78, 5) is 0. The van der Waals surface area contributed by atoms with Crippen LogP contribution in [0.2, 0.25) is 0 Å². The molecule has 72 valence electrons. The van der Waals surface area contributed by atoms with E-state index in [1.165, 1.54) is 6.20 Å². The van der Waals surface area contributed by atoms with Gasteiger partial charge in [-0.15, -0.1) is 0 Å². The summed E-state index contributed by atoms with van der Waals surface area (Å²) in [6.45, 7) is 2.46. The molecule has 4 nitrogen and oxygen atoms in total. The zero-order chi connectivity index (χ0) is 10.8. The summed E-state index contributed by atoms with van der Waals surface area (Å²) in [5.41, 5.74) is 1.59. The number of hydrogen-bond acceptors (Lipinski definition) is 3. The lowest BCUT2D eigenvalue weighted by atomic mass is 9.94. The lowest BCUT2D eigenvalue weighted by Gasteiger charge is -2.05. The van der Waals surface area contributed by atoms with Crippen molar-refractivity contribution in [3.05, 3.63) is 24.0 Å². The fourth-order valence-corrected chi connectivity index (χ4v) is 1.45. The van der Waals surface area contributed by atoms with E-state index in [1.54, 1.807) is 16.8 Å². The van der Waals surface area contributed by atoms with Crippen LogP contribution in [0.4, 0.5) is 0 Å². The molecule has 0 aliphatic rings. The van der Waals surface area contributed by atoms with Gasteiger partial charge in [-0.1, -0.05) is 5.46 Å². The van der Waals surface area contributed by atoms with E-state index in [4.69, 9.17) is 17.8 Å². The second kappa shape index (κ2) is 3.66. The molecular weight excluding hydrogens is 189 g/mol. The summed E-state index contributed by atoms with van der Waals surface area (Å²) in [5.74, 6) is 0.648. The first kappa shape index (κ1) is 9.59. The smallest absolute Gasteiger partial charge is 0.137 e. The molecule has 2 heterocycles. The first-order valence-corrected chi connectivity index (χ1v) is 4.56. The minimum atomic E-state index is 0.468. The lowest BCUT2D eigenvalue weighted by Crippen LogP contribution is -2.09. The summed E-state index contributed by atoms with van der Waals surface area (Å²) in [6.07, 6.45) is 3.19. The van der Waals surface area contributed by atoms with E-state index in [-0.39, 0.29) is 0 Å². The summed E-state index contributed by atoms with van der Waals surface area (Å²) >= 11 is 0. The average Bonchev–Trinajstić information content (AvgIpc) is 2.61. The number of nitrogens with zero attached hydrogens (tertiary/aromatic N) is 3. The van der Waals surface area contributed by atoms with Crippen molar-refractivity contribution in [1.82, 2.24) is 9.61 Å². The molecule has 0 spiro atoms. The third-order valence-electron chi connectivity index (χ3n) is 2.05. The van der Waals surface area contributed by atoms with Gasteiger partial charge < -0.3 is 4.74 Å². The molecule has 0 atom stereocenters. The lowest BCUT2D eigenvalue weighted by molar-refractivity contribution is 0.338. The number of aromatic nitrogens is 2. The highest BCUT2D eigenvalue weighted by molar-refractivity contribution is 6.37. The van der Waals surface area contributed by atoms with Crippen LogP contribution in [0.25, 0.3) is 5.52 Å². The maximum Gasteiger partial charge on any atom is 0.137 e. The van der Waals surface area contributed by atoms with Crippen LogP contribution in [-0.4, -0.2) is 24.1 Å². The Morgan fingerprint density at radius 2 is 2.47 bits per heavy atom. The molecule has 2 rings (SSSR count). The summed E-state index contributed by atoms with van der Waals surface area (Å²) in [5, 5.41) is 12.9. The highest BCUT2D eigenvalue weighted by Gasteiger charge is 2.07. The number of rotatable bonds is 2. The fourth-order valence-electron chi connectivity index (χ4n) is 1.45. The van der Waals surface area contributed by atoms with Gasteiger partial charge in [-0.05, 0) is 13.0 Å². The minimum absolute atomic E-state index is 0.468. The molecule has 2 radical (unpaired) electrons. The van der Waals surface area contributed by atoms with Crippen LogP contribution in [0, 0.1) is 11.3 Å². The Morgan fingerprint density at radius 3 is 3.13 bits per heavy atom. The summed E-state index contributed by atoms with van der Waals surface area (Å²) in [7, 11) is 5.82. The first-order valence-electron chi connectivity index (χ1n) is 4.56. The SMILES string of the molecule is [B]c1cc(OCC)cn2ncc(C#N)c12. The molecule has 0 fully saturated rings. The van der Waals surface area contributed by atoms with Gasteiger partial charge in [0, 0.05) is 0 Å². The Morgan fingerprint density at radius 1 is 1.67 bits per heavy atom. The summed E-state index contributed by atoms with van der Waals surface area (Å²) in [6, 6.07) is 3.73. The van der Waals surface area contributed by atoms with E-state index in [2.05, 4.69) is 5.10 Å². The van der Waals surface area contributed by atoms with E-state index >= 15 is 0 Å². The molecule has 15 heavy (non-hydrogen) atoms. The van der Waals surface area contributed by atoms with Crippen molar-refractivity contribution in [3.63, 3.8) is 0 Å². The van der Waals surface area contributed by atoms with Gasteiger partial charge in [0.05, 0.1) is 30.1 Å². The Hall–Kier alpha value is -1.96.